The molecule has 0 aliphatic carbocycles. The van der Waals surface area contributed by atoms with Crippen LogP contribution in [0.5, 0.6) is 0 Å². The minimum atomic E-state index is -4.20. The Balaban J connectivity index is 2.04. The molecular weight excluding hydrogens is 529 g/mol. The zero-order valence-electron chi connectivity index (χ0n) is 23.6. The minimum Gasteiger partial charge on any atom is -0.354 e. The van der Waals surface area contributed by atoms with Gasteiger partial charge in [-0.2, -0.15) is 0 Å². The van der Waals surface area contributed by atoms with Gasteiger partial charge in [0.25, 0.3) is 10.0 Å². The van der Waals surface area contributed by atoms with Gasteiger partial charge in [0, 0.05) is 13.1 Å². The van der Waals surface area contributed by atoms with Gasteiger partial charge in [0.05, 0.1) is 10.6 Å². The van der Waals surface area contributed by atoms with Gasteiger partial charge in [0.1, 0.15) is 18.4 Å². The molecule has 0 saturated heterocycles. The molecule has 214 valence electrons. The molecule has 3 aromatic carbocycles. The third-order valence-corrected chi connectivity index (χ3v) is 8.61. The van der Waals surface area contributed by atoms with E-state index in [4.69, 9.17) is 0 Å². The highest BCUT2D eigenvalue weighted by Crippen LogP contribution is 2.25. The summed E-state index contributed by atoms with van der Waals surface area (Å²) in [4.78, 5) is 28.7. The SMILES string of the molecule is CCCCNC(=O)[C@@H](CC)N(Cc1ccccc1C)C(=O)CN(c1ccc(F)cc1)S(=O)(=O)c1ccc(C)cc1. The fraction of sp³-hybridized carbons (Fsp3) is 0.355. The number of anilines is 1. The van der Waals surface area contributed by atoms with E-state index in [1.54, 1.807) is 12.1 Å². The van der Waals surface area contributed by atoms with Crippen LogP contribution in [0.1, 0.15) is 49.8 Å². The van der Waals surface area contributed by atoms with Crippen LogP contribution in [-0.2, 0) is 26.2 Å². The Morgan fingerprint density at radius 1 is 0.925 bits per heavy atom. The summed E-state index contributed by atoms with van der Waals surface area (Å²) < 4.78 is 42.4. The average Bonchev–Trinajstić information content (AvgIpc) is 2.93. The number of halogens is 1. The highest BCUT2D eigenvalue weighted by atomic mass is 32.2. The highest BCUT2D eigenvalue weighted by molar-refractivity contribution is 7.92. The van der Waals surface area contributed by atoms with Crippen molar-refractivity contribution >= 4 is 27.5 Å². The molecule has 0 bridgehead atoms. The van der Waals surface area contributed by atoms with Crippen molar-refractivity contribution in [2.75, 3.05) is 17.4 Å². The molecule has 1 atom stereocenters. The second-order valence-electron chi connectivity index (χ2n) is 9.82. The molecule has 0 unspecified atom stereocenters. The summed E-state index contributed by atoms with van der Waals surface area (Å²) in [5.74, 6) is -1.35. The van der Waals surface area contributed by atoms with E-state index in [0.29, 0.717) is 13.0 Å². The van der Waals surface area contributed by atoms with Crippen LogP contribution in [0.15, 0.2) is 77.7 Å². The zero-order chi connectivity index (χ0) is 29.3. The molecule has 3 rings (SSSR count). The van der Waals surface area contributed by atoms with Gasteiger partial charge in [-0.05, 0) is 74.2 Å². The van der Waals surface area contributed by atoms with Crippen molar-refractivity contribution in [3.8, 4) is 0 Å². The Kier molecular flexibility index (Phi) is 10.8. The standard InChI is InChI=1S/C31H38FN3O4S/c1-5-7-20-33-31(37)29(6-2)34(21-25-11-9-8-10-24(25)4)30(36)22-35(27-16-14-26(32)15-17-27)40(38,39)28-18-12-23(3)13-19-28/h8-19,29H,5-7,20-22H2,1-4H3,(H,33,37)/t29-/m1/s1. The van der Waals surface area contributed by atoms with Crippen LogP contribution in [0.3, 0.4) is 0 Å². The summed E-state index contributed by atoms with van der Waals surface area (Å²) in [5, 5.41) is 2.92. The molecule has 0 saturated carbocycles. The lowest BCUT2D eigenvalue weighted by Crippen LogP contribution is -2.52. The Morgan fingerprint density at radius 2 is 1.57 bits per heavy atom. The van der Waals surface area contributed by atoms with Crippen LogP contribution in [0.25, 0.3) is 0 Å². The van der Waals surface area contributed by atoms with Crippen LogP contribution in [0.4, 0.5) is 10.1 Å². The molecule has 0 fully saturated rings. The van der Waals surface area contributed by atoms with Gasteiger partial charge in [-0.25, -0.2) is 12.8 Å². The minimum absolute atomic E-state index is 0.00466. The average molecular weight is 568 g/mol. The Hall–Kier alpha value is -3.72. The molecule has 2 amide bonds. The number of nitrogens with one attached hydrogen (secondary N) is 1. The number of nitrogens with zero attached hydrogens (tertiary/aromatic N) is 2. The number of aryl methyl sites for hydroxylation is 2. The van der Waals surface area contributed by atoms with Crippen molar-refractivity contribution in [2.45, 2.75) is 64.4 Å². The maximum absolute atomic E-state index is 14.0. The van der Waals surface area contributed by atoms with Crippen LogP contribution in [0.2, 0.25) is 0 Å². The predicted octanol–water partition coefficient (Wildman–Crippen LogP) is 5.36. The maximum atomic E-state index is 14.0. The predicted molar refractivity (Wildman–Crippen MR) is 156 cm³/mol. The first kappa shape index (κ1) is 30.8. The fourth-order valence-corrected chi connectivity index (χ4v) is 5.78. The number of amides is 2. The van der Waals surface area contributed by atoms with Gasteiger partial charge < -0.3 is 10.2 Å². The van der Waals surface area contributed by atoms with Gasteiger partial charge in [-0.15, -0.1) is 0 Å². The smallest absolute Gasteiger partial charge is 0.264 e. The van der Waals surface area contributed by atoms with Crippen LogP contribution in [0, 0.1) is 19.7 Å². The summed E-state index contributed by atoms with van der Waals surface area (Å²) in [6.07, 6.45) is 2.06. The lowest BCUT2D eigenvalue weighted by Gasteiger charge is -2.33. The second-order valence-corrected chi connectivity index (χ2v) is 11.7. The van der Waals surface area contributed by atoms with Crippen molar-refractivity contribution in [2.24, 2.45) is 0 Å². The van der Waals surface area contributed by atoms with E-state index >= 15 is 0 Å². The van der Waals surface area contributed by atoms with Crippen LogP contribution >= 0.6 is 0 Å². The molecule has 0 aromatic heterocycles. The lowest BCUT2D eigenvalue weighted by atomic mass is 10.1. The van der Waals surface area contributed by atoms with E-state index in [1.807, 2.05) is 52.0 Å². The summed E-state index contributed by atoms with van der Waals surface area (Å²) in [7, 11) is -4.20. The number of benzene rings is 3. The van der Waals surface area contributed by atoms with Gasteiger partial charge in [0.2, 0.25) is 11.8 Å². The fourth-order valence-electron chi connectivity index (χ4n) is 4.37. The van der Waals surface area contributed by atoms with Gasteiger partial charge in [0.15, 0.2) is 0 Å². The van der Waals surface area contributed by atoms with Gasteiger partial charge in [-0.1, -0.05) is 62.2 Å². The summed E-state index contributed by atoms with van der Waals surface area (Å²) in [6.45, 7) is 7.67. The molecule has 40 heavy (non-hydrogen) atoms. The first-order chi connectivity index (χ1) is 19.1. The molecule has 0 spiro atoms. The van der Waals surface area contributed by atoms with E-state index in [2.05, 4.69) is 5.32 Å². The Morgan fingerprint density at radius 3 is 2.17 bits per heavy atom. The number of carbonyl (C=O) groups is 2. The number of carbonyl (C=O) groups excluding carboxylic acids is 2. The van der Waals surface area contributed by atoms with Gasteiger partial charge in [-0.3, -0.25) is 13.9 Å². The van der Waals surface area contributed by atoms with Crippen molar-refractivity contribution in [3.05, 3.63) is 95.3 Å². The van der Waals surface area contributed by atoms with Crippen molar-refractivity contribution in [1.29, 1.82) is 0 Å². The number of rotatable bonds is 13. The molecule has 0 heterocycles. The lowest BCUT2D eigenvalue weighted by molar-refractivity contribution is -0.140. The summed E-state index contributed by atoms with van der Waals surface area (Å²) in [6, 6.07) is 18.0. The molecule has 0 aliphatic rings. The molecule has 9 heteroatoms. The Labute approximate surface area is 237 Å². The van der Waals surface area contributed by atoms with E-state index in [0.717, 1.165) is 46.0 Å². The van der Waals surface area contributed by atoms with Crippen LogP contribution in [-0.4, -0.2) is 44.3 Å². The molecule has 3 aromatic rings. The summed E-state index contributed by atoms with van der Waals surface area (Å²) >= 11 is 0. The number of hydrogen-bond donors (Lipinski definition) is 1. The summed E-state index contributed by atoms with van der Waals surface area (Å²) in [5.41, 5.74) is 2.83. The first-order valence-corrected chi connectivity index (χ1v) is 15.0. The number of unbranched alkanes of at least 4 members (excludes halogenated alkanes) is 1. The van der Waals surface area contributed by atoms with Crippen molar-refractivity contribution in [3.63, 3.8) is 0 Å². The third-order valence-electron chi connectivity index (χ3n) is 6.82. The second kappa shape index (κ2) is 14.1. The molecule has 7 nitrogen and oxygen atoms in total. The van der Waals surface area contributed by atoms with Crippen molar-refractivity contribution in [1.82, 2.24) is 10.2 Å². The highest BCUT2D eigenvalue weighted by Gasteiger charge is 2.33. The molecular formula is C31H38FN3O4S. The van der Waals surface area contributed by atoms with E-state index in [-0.39, 0.29) is 23.0 Å². The maximum Gasteiger partial charge on any atom is 0.264 e. The normalized spacial score (nSPS) is 12.0. The monoisotopic (exact) mass is 567 g/mol. The Bertz CT molecular complexity index is 1390. The molecule has 0 radical (unpaired) electrons. The van der Waals surface area contributed by atoms with Gasteiger partial charge >= 0.3 is 0 Å². The number of sulfonamides is 1. The van der Waals surface area contributed by atoms with E-state index in [1.165, 1.54) is 29.2 Å². The van der Waals surface area contributed by atoms with Crippen LogP contribution < -0.4 is 9.62 Å². The zero-order valence-corrected chi connectivity index (χ0v) is 24.4. The number of hydrogen-bond acceptors (Lipinski definition) is 4. The quantitative estimate of drug-likeness (QED) is 0.282. The molecule has 0 aliphatic heterocycles. The first-order valence-electron chi connectivity index (χ1n) is 13.5. The molecule has 1 N–H and O–H groups in total. The van der Waals surface area contributed by atoms with E-state index < -0.39 is 34.3 Å². The van der Waals surface area contributed by atoms with Crippen molar-refractivity contribution < 1.29 is 22.4 Å². The largest absolute Gasteiger partial charge is 0.354 e. The van der Waals surface area contributed by atoms with E-state index in [9.17, 15) is 22.4 Å². The third kappa shape index (κ3) is 7.69. The topological polar surface area (TPSA) is 86.8 Å².